The highest BCUT2D eigenvalue weighted by atomic mass is 79.9. The summed E-state index contributed by atoms with van der Waals surface area (Å²) < 4.78 is 18.5. The molecule has 0 amide bonds. The average molecular weight is 455 g/mol. The van der Waals surface area contributed by atoms with Crippen molar-refractivity contribution >= 4 is 15.9 Å². The van der Waals surface area contributed by atoms with Crippen LogP contribution >= 0.6 is 15.9 Å². The van der Waals surface area contributed by atoms with E-state index in [1.165, 1.54) is 13.2 Å². The van der Waals surface area contributed by atoms with Gasteiger partial charge in [-0.05, 0) is 30.3 Å². The number of aromatic nitrogens is 4. The molecule has 0 bridgehead atoms. The number of hydrogen-bond acceptors (Lipinski definition) is 7. The molecule has 0 aliphatic rings. The van der Waals surface area contributed by atoms with E-state index in [0.29, 0.717) is 17.1 Å². The number of halogens is 1. The van der Waals surface area contributed by atoms with E-state index in [1.807, 2.05) is 24.3 Å². The molecule has 0 atom stereocenters. The van der Waals surface area contributed by atoms with Gasteiger partial charge in [-0.1, -0.05) is 33.2 Å². The molecule has 4 aromatic rings. The molecule has 2 aromatic heterocycles. The second kappa shape index (κ2) is 7.88. The quantitative estimate of drug-likeness (QED) is 0.453. The monoisotopic (exact) mass is 454 g/mol. The van der Waals surface area contributed by atoms with Gasteiger partial charge < -0.3 is 14.0 Å². The van der Waals surface area contributed by atoms with E-state index in [2.05, 4.69) is 31.2 Å². The summed E-state index contributed by atoms with van der Waals surface area (Å²) in [5.41, 5.74) is 1.07. The number of ether oxygens (including phenoxy) is 2. The molecule has 0 fully saturated rings. The van der Waals surface area contributed by atoms with Crippen LogP contribution in [0.5, 0.6) is 11.5 Å². The zero-order valence-electron chi connectivity index (χ0n) is 15.5. The molecule has 4 rings (SSSR count). The van der Waals surface area contributed by atoms with Gasteiger partial charge in [-0.25, -0.2) is 4.68 Å². The summed E-state index contributed by atoms with van der Waals surface area (Å²) in [6, 6.07) is 14.2. The molecule has 0 unspecified atom stereocenters. The Morgan fingerprint density at radius 2 is 1.90 bits per heavy atom. The Balaban J connectivity index is 1.78. The fraction of sp³-hybridized carbons (Fsp3) is 0.100. The van der Waals surface area contributed by atoms with Crippen LogP contribution < -0.4 is 14.9 Å². The number of nitrogens with zero attached hydrogens (tertiary/aromatic N) is 4. The van der Waals surface area contributed by atoms with E-state index in [9.17, 15) is 4.79 Å². The third kappa shape index (κ3) is 3.64. The highest BCUT2D eigenvalue weighted by molar-refractivity contribution is 9.10. The summed E-state index contributed by atoms with van der Waals surface area (Å²) in [6.07, 6.45) is 1.58. The Kier molecular flexibility index (Phi) is 5.13. The normalized spacial score (nSPS) is 10.7. The van der Waals surface area contributed by atoms with E-state index in [1.54, 1.807) is 36.2 Å². The Morgan fingerprint density at radius 3 is 2.66 bits per heavy atom. The van der Waals surface area contributed by atoms with E-state index in [4.69, 9.17) is 14.0 Å². The molecular weight excluding hydrogens is 440 g/mol. The van der Waals surface area contributed by atoms with Crippen molar-refractivity contribution in [3.8, 4) is 40.2 Å². The van der Waals surface area contributed by atoms with Crippen LogP contribution in [0.3, 0.4) is 0 Å². The molecule has 0 spiro atoms. The van der Waals surface area contributed by atoms with Crippen molar-refractivity contribution < 1.29 is 14.0 Å². The summed E-state index contributed by atoms with van der Waals surface area (Å²) >= 11 is 3.43. The van der Waals surface area contributed by atoms with Crippen LogP contribution in [0.4, 0.5) is 0 Å². The molecular formula is C20H15BrN4O4. The molecule has 0 saturated heterocycles. The lowest BCUT2D eigenvalue weighted by atomic mass is 10.1. The molecule has 0 aliphatic heterocycles. The molecule has 2 aromatic carbocycles. The van der Waals surface area contributed by atoms with Crippen LogP contribution in [0, 0.1) is 0 Å². The zero-order valence-corrected chi connectivity index (χ0v) is 17.1. The molecule has 0 saturated carbocycles. The molecule has 9 heteroatoms. The van der Waals surface area contributed by atoms with E-state index in [0.717, 1.165) is 10.2 Å². The number of rotatable bonds is 5. The van der Waals surface area contributed by atoms with Gasteiger partial charge in [-0.3, -0.25) is 4.79 Å². The van der Waals surface area contributed by atoms with Gasteiger partial charge in [0.2, 0.25) is 11.3 Å². The van der Waals surface area contributed by atoms with E-state index >= 15 is 0 Å². The van der Waals surface area contributed by atoms with Crippen molar-refractivity contribution in [2.45, 2.75) is 0 Å². The van der Waals surface area contributed by atoms with Crippen molar-refractivity contribution in [3.05, 3.63) is 69.4 Å². The summed E-state index contributed by atoms with van der Waals surface area (Å²) in [5, 5.41) is 8.36. The van der Waals surface area contributed by atoms with Gasteiger partial charge in [0, 0.05) is 16.7 Å². The lowest BCUT2D eigenvalue weighted by Gasteiger charge is -2.09. The van der Waals surface area contributed by atoms with Crippen molar-refractivity contribution in [2.24, 2.45) is 0 Å². The van der Waals surface area contributed by atoms with Crippen LogP contribution in [0.25, 0.3) is 28.7 Å². The third-order valence-corrected chi connectivity index (χ3v) is 4.65. The van der Waals surface area contributed by atoms with Gasteiger partial charge in [0.1, 0.15) is 0 Å². The Hall–Kier alpha value is -3.46. The maximum absolute atomic E-state index is 12.4. The first-order valence-corrected chi connectivity index (χ1v) is 9.31. The minimum absolute atomic E-state index is 0.0132. The maximum Gasteiger partial charge on any atom is 0.282 e. The number of benzene rings is 2. The number of hydrogen-bond donors (Lipinski definition) is 0. The third-order valence-electron chi connectivity index (χ3n) is 4.15. The van der Waals surface area contributed by atoms with Crippen molar-refractivity contribution in [3.63, 3.8) is 0 Å². The SMILES string of the molecule is COc1cccc(-c2noc(-c3nn(-c4cccc(Br)c4)ccc3=O)n2)c1OC. The number of methoxy groups -OCH3 is 2. The highest BCUT2D eigenvalue weighted by Gasteiger charge is 2.20. The first-order chi connectivity index (χ1) is 14.1. The van der Waals surface area contributed by atoms with Crippen molar-refractivity contribution in [1.82, 2.24) is 19.9 Å². The minimum atomic E-state index is -0.330. The summed E-state index contributed by atoms with van der Waals surface area (Å²) in [4.78, 5) is 16.7. The first-order valence-electron chi connectivity index (χ1n) is 8.52. The molecule has 0 radical (unpaired) electrons. The van der Waals surface area contributed by atoms with Crippen LogP contribution in [-0.2, 0) is 0 Å². The Bertz CT molecular complexity index is 1240. The summed E-state index contributed by atoms with van der Waals surface area (Å²) in [6.45, 7) is 0. The average Bonchev–Trinajstić information content (AvgIpc) is 3.23. The molecule has 0 N–H and O–H groups in total. The molecule has 2 heterocycles. The standard InChI is InChI=1S/C20H15BrN4O4/c1-27-16-8-4-7-14(18(16)28-2)19-22-20(29-24-19)17-15(26)9-10-25(23-17)13-6-3-5-12(21)11-13/h3-11H,1-2H3. The van der Waals surface area contributed by atoms with Crippen molar-refractivity contribution in [2.75, 3.05) is 14.2 Å². The molecule has 29 heavy (non-hydrogen) atoms. The van der Waals surface area contributed by atoms with E-state index in [-0.39, 0.29) is 22.8 Å². The molecule has 0 aliphatic carbocycles. The smallest absolute Gasteiger partial charge is 0.282 e. The largest absolute Gasteiger partial charge is 0.493 e. The molecule has 146 valence electrons. The first kappa shape index (κ1) is 18.9. The van der Waals surface area contributed by atoms with Gasteiger partial charge in [0.05, 0.1) is 25.5 Å². The summed E-state index contributed by atoms with van der Waals surface area (Å²) in [5.74, 6) is 1.27. The lowest BCUT2D eigenvalue weighted by Crippen LogP contribution is -2.12. The Morgan fingerprint density at radius 1 is 1.07 bits per heavy atom. The molecule has 8 nitrogen and oxygen atoms in total. The Labute approximate surface area is 173 Å². The maximum atomic E-state index is 12.4. The fourth-order valence-corrected chi connectivity index (χ4v) is 3.20. The highest BCUT2D eigenvalue weighted by Crippen LogP contribution is 2.36. The summed E-state index contributed by atoms with van der Waals surface area (Å²) in [7, 11) is 3.07. The predicted molar refractivity (Wildman–Crippen MR) is 109 cm³/mol. The van der Waals surface area contributed by atoms with Gasteiger partial charge in [0.25, 0.3) is 5.89 Å². The van der Waals surface area contributed by atoms with Crippen LogP contribution in [0.1, 0.15) is 0 Å². The second-order valence-corrected chi connectivity index (χ2v) is 6.83. The zero-order chi connectivity index (χ0) is 20.4. The minimum Gasteiger partial charge on any atom is -0.493 e. The van der Waals surface area contributed by atoms with Gasteiger partial charge in [-0.2, -0.15) is 10.1 Å². The number of para-hydroxylation sites is 1. The van der Waals surface area contributed by atoms with Gasteiger partial charge >= 0.3 is 0 Å². The van der Waals surface area contributed by atoms with Crippen LogP contribution in [-0.4, -0.2) is 34.1 Å². The lowest BCUT2D eigenvalue weighted by molar-refractivity contribution is 0.355. The van der Waals surface area contributed by atoms with Crippen molar-refractivity contribution in [1.29, 1.82) is 0 Å². The van der Waals surface area contributed by atoms with Crippen LogP contribution in [0.2, 0.25) is 0 Å². The van der Waals surface area contributed by atoms with E-state index < -0.39 is 0 Å². The van der Waals surface area contributed by atoms with Gasteiger partial charge in [0.15, 0.2) is 17.2 Å². The van der Waals surface area contributed by atoms with Crippen LogP contribution in [0.15, 0.2) is 68.5 Å². The van der Waals surface area contributed by atoms with Gasteiger partial charge in [-0.15, -0.1) is 0 Å². The topological polar surface area (TPSA) is 92.3 Å². The second-order valence-electron chi connectivity index (χ2n) is 5.92. The fourth-order valence-electron chi connectivity index (χ4n) is 2.81. The predicted octanol–water partition coefficient (Wildman–Crippen LogP) is 3.73.